The van der Waals surface area contributed by atoms with Crippen molar-refractivity contribution >= 4 is 22.9 Å². The van der Waals surface area contributed by atoms with Crippen molar-refractivity contribution < 1.29 is 9.53 Å². The average molecular weight is 434 g/mol. The molecule has 6 rings (SSSR count). The van der Waals surface area contributed by atoms with Crippen LogP contribution in [0.2, 0.25) is 0 Å². The van der Waals surface area contributed by atoms with Crippen molar-refractivity contribution in [1.29, 1.82) is 0 Å². The maximum Gasteiger partial charge on any atom is 0.256 e. The molecule has 1 spiro atoms. The van der Waals surface area contributed by atoms with Crippen LogP contribution in [0.5, 0.6) is 0 Å². The Morgan fingerprint density at radius 3 is 2.88 bits per heavy atom. The van der Waals surface area contributed by atoms with E-state index in [0.717, 1.165) is 39.0 Å². The van der Waals surface area contributed by atoms with Crippen molar-refractivity contribution in [2.45, 2.75) is 43.6 Å². The number of likely N-dealkylation sites (tertiary alicyclic amines) is 1. The molecule has 9 nitrogen and oxygen atoms in total. The molecule has 2 N–H and O–H groups in total. The van der Waals surface area contributed by atoms with Crippen LogP contribution >= 0.6 is 0 Å². The summed E-state index contributed by atoms with van der Waals surface area (Å²) < 4.78 is 8.40. The third-order valence-electron chi connectivity index (χ3n) is 7.19. The zero-order valence-electron chi connectivity index (χ0n) is 17.9. The lowest BCUT2D eigenvalue weighted by molar-refractivity contribution is -0.0641. The first-order chi connectivity index (χ1) is 15.7. The number of fused-ring (bicyclic) bond motifs is 1. The lowest BCUT2D eigenvalue weighted by atomic mass is 9.83. The molecular formula is C23H27N7O2. The van der Waals surface area contributed by atoms with Gasteiger partial charge in [0, 0.05) is 30.7 Å². The average Bonchev–Trinajstić information content (AvgIpc) is 3.57. The maximum absolute atomic E-state index is 12.6. The number of imidazole rings is 1. The predicted molar refractivity (Wildman–Crippen MR) is 119 cm³/mol. The van der Waals surface area contributed by atoms with Crippen LogP contribution in [-0.4, -0.2) is 68.1 Å². The Hall–Kier alpha value is -2.88. The number of hydrogen-bond donors (Lipinski definition) is 2. The fraction of sp³-hybridized carbons (Fsp3) is 0.478. The van der Waals surface area contributed by atoms with Crippen molar-refractivity contribution in [3.63, 3.8) is 0 Å². The van der Waals surface area contributed by atoms with Gasteiger partial charge in [0.2, 0.25) is 0 Å². The van der Waals surface area contributed by atoms with Gasteiger partial charge in [0.05, 0.1) is 12.4 Å². The van der Waals surface area contributed by atoms with Gasteiger partial charge in [-0.1, -0.05) is 18.2 Å². The van der Waals surface area contributed by atoms with E-state index in [4.69, 9.17) is 4.74 Å². The van der Waals surface area contributed by atoms with Crippen LogP contribution in [0.25, 0.3) is 11.2 Å². The predicted octanol–water partition coefficient (Wildman–Crippen LogP) is 2.19. The molecule has 9 heteroatoms. The van der Waals surface area contributed by atoms with Gasteiger partial charge in [0.1, 0.15) is 12.6 Å². The first kappa shape index (κ1) is 19.8. The Balaban J connectivity index is 1.16. The second kappa shape index (κ2) is 7.91. The minimum Gasteiger partial charge on any atom is -0.353 e. The topological polar surface area (TPSA) is 97.2 Å². The number of hydrogen-bond acceptors (Lipinski definition) is 7. The van der Waals surface area contributed by atoms with Crippen molar-refractivity contribution in [2.24, 2.45) is 0 Å². The van der Waals surface area contributed by atoms with Crippen LogP contribution in [0.15, 0.2) is 43.0 Å². The molecule has 3 atom stereocenters. The molecule has 3 aromatic rings. The minimum absolute atomic E-state index is 0.100. The second-order valence-electron chi connectivity index (χ2n) is 9.00. The maximum atomic E-state index is 12.6. The smallest absolute Gasteiger partial charge is 0.256 e. The standard InChI is InChI=1S/C23H27N7O2/c31-22(16-4-2-1-3-5-16)28-20-19-21(26-14-25-20)30(15-27-19)18-7-6-17(32-18)12-29-11-9-23(29)8-10-24-13-23/h1-5,14-15,17-18,24H,6-13H2,(H,25,26,28,31). The number of nitrogens with one attached hydrogen (secondary N) is 2. The van der Waals surface area contributed by atoms with Crippen LogP contribution in [0.1, 0.15) is 42.3 Å². The van der Waals surface area contributed by atoms with E-state index in [9.17, 15) is 4.79 Å². The number of aromatic nitrogens is 4. The zero-order valence-corrected chi connectivity index (χ0v) is 17.9. The fourth-order valence-corrected chi connectivity index (χ4v) is 5.28. The van der Waals surface area contributed by atoms with Gasteiger partial charge in [0.15, 0.2) is 17.0 Å². The van der Waals surface area contributed by atoms with Crippen molar-refractivity contribution in [1.82, 2.24) is 29.7 Å². The fourth-order valence-electron chi connectivity index (χ4n) is 5.28. The Bertz CT molecular complexity index is 1130. The Morgan fingerprint density at radius 2 is 2.09 bits per heavy atom. The van der Waals surface area contributed by atoms with E-state index in [1.807, 2.05) is 22.8 Å². The molecule has 3 aliphatic heterocycles. The van der Waals surface area contributed by atoms with Gasteiger partial charge in [-0.3, -0.25) is 14.3 Å². The van der Waals surface area contributed by atoms with Crippen LogP contribution in [0, 0.1) is 0 Å². The Labute approximate surface area is 186 Å². The normalized spacial score (nSPS) is 27.8. The second-order valence-corrected chi connectivity index (χ2v) is 9.00. The molecule has 2 aromatic heterocycles. The summed E-state index contributed by atoms with van der Waals surface area (Å²) >= 11 is 0. The van der Waals surface area contributed by atoms with E-state index in [1.165, 1.54) is 19.2 Å². The molecule has 0 bridgehead atoms. The number of carbonyl (C=O) groups is 1. The summed E-state index contributed by atoms with van der Waals surface area (Å²) in [4.78, 5) is 28.4. The first-order valence-corrected chi connectivity index (χ1v) is 11.4. The Kier molecular flexibility index (Phi) is 4.89. The third kappa shape index (κ3) is 3.37. The first-order valence-electron chi connectivity index (χ1n) is 11.4. The van der Waals surface area contributed by atoms with E-state index in [-0.39, 0.29) is 18.2 Å². The van der Waals surface area contributed by atoms with Gasteiger partial charge in [-0.25, -0.2) is 15.0 Å². The number of carbonyl (C=O) groups excluding carboxylic acids is 1. The summed E-state index contributed by atoms with van der Waals surface area (Å²) in [6.45, 7) is 4.37. The molecule has 1 amide bonds. The third-order valence-corrected chi connectivity index (χ3v) is 7.19. The number of anilines is 1. The summed E-state index contributed by atoms with van der Waals surface area (Å²) in [7, 11) is 0. The quantitative estimate of drug-likeness (QED) is 0.637. The van der Waals surface area contributed by atoms with Crippen molar-refractivity contribution in [3.8, 4) is 0 Å². The molecular weight excluding hydrogens is 406 g/mol. The van der Waals surface area contributed by atoms with Crippen molar-refractivity contribution in [3.05, 3.63) is 48.5 Å². The molecule has 3 saturated heterocycles. The highest BCUT2D eigenvalue weighted by atomic mass is 16.5. The van der Waals surface area contributed by atoms with E-state index in [1.54, 1.807) is 18.5 Å². The SMILES string of the molecule is O=C(Nc1ncnc2c1ncn2C1CCC(CN2CCC23CCNC3)O1)c1ccccc1. The molecule has 166 valence electrons. The molecule has 0 radical (unpaired) electrons. The van der Waals surface area contributed by atoms with Crippen molar-refractivity contribution in [2.75, 3.05) is 31.5 Å². The van der Waals surface area contributed by atoms with E-state index >= 15 is 0 Å². The van der Waals surface area contributed by atoms with Crippen LogP contribution in [0.3, 0.4) is 0 Å². The lowest BCUT2D eigenvalue weighted by Crippen LogP contribution is -2.62. The summed E-state index contributed by atoms with van der Waals surface area (Å²) in [6, 6.07) is 9.07. The molecule has 32 heavy (non-hydrogen) atoms. The summed E-state index contributed by atoms with van der Waals surface area (Å²) in [5.41, 5.74) is 2.18. The van der Waals surface area contributed by atoms with Gasteiger partial charge in [0.25, 0.3) is 5.91 Å². The monoisotopic (exact) mass is 433 g/mol. The zero-order chi connectivity index (χ0) is 21.5. The van der Waals surface area contributed by atoms with E-state index < -0.39 is 0 Å². The van der Waals surface area contributed by atoms with E-state index in [0.29, 0.717) is 28.1 Å². The molecule has 0 aliphatic carbocycles. The van der Waals surface area contributed by atoms with Gasteiger partial charge in [-0.2, -0.15) is 0 Å². The molecule has 0 saturated carbocycles. The van der Waals surface area contributed by atoms with Gasteiger partial charge in [-0.15, -0.1) is 0 Å². The number of ether oxygens (including phenoxy) is 1. The number of rotatable bonds is 5. The Morgan fingerprint density at radius 1 is 1.19 bits per heavy atom. The van der Waals surface area contributed by atoms with Crippen LogP contribution in [0.4, 0.5) is 5.82 Å². The lowest BCUT2D eigenvalue weighted by Gasteiger charge is -2.51. The van der Waals surface area contributed by atoms with Gasteiger partial charge < -0.3 is 15.4 Å². The molecule has 3 fully saturated rings. The largest absolute Gasteiger partial charge is 0.353 e. The summed E-state index contributed by atoms with van der Waals surface area (Å²) in [6.07, 6.45) is 7.80. The summed E-state index contributed by atoms with van der Waals surface area (Å²) in [5.74, 6) is 0.190. The highest BCUT2D eigenvalue weighted by molar-refractivity contribution is 6.06. The van der Waals surface area contributed by atoms with E-state index in [2.05, 4.69) is 30.5 Å². The molecule has 5 heterocycles. The highest BCUT2D eigenvalue weighted by Gasteiger charge is 2.47. The number of amides is 1. The number of benzene rings is 1. The number of nitrogens with zero attached hydrogens (tertiary/aromatic N) is 5. The van der Waals surface area contributed by atoms with Gasteiger partial charge in [-0.05, 0) is 44.4 Å². The van der Waals surface area contributed by atoms with Crippen LogP contribution < -0.4 is 10.6 Å². The highest BCUT2D eigenvalue weighted by Crippen LogP contribution is 2.38. The molecule has 1 aromatic carbocycles. The summed E-state index contributed by atoms with van der Waals surface area (Å²) in [5, 5.41) is 6.38. The minimum atomic E-state index is -0.220. The van der Waals surface area contributed by atoms with Gasteiger partial charge >= 0.3 is 0 Å². The molecule has 3 aliphatic rings. The van der Waals surface area contributed by atoms with Crippen LogP contribution in [-0.2, 0) is 4.74 Å². The molecule has 3 unspecified atom stereocenters.